The molecule has 128 valence electrons. The van der Waals surface area contributed by atoms with Gasteiger partial charge in [0, 0.05) is 17.5 Å². The number of benzene rings is 1. The zero-order valence-electron chi connectivity index (χ0n) is 11.3. The van der Waals surface area contributed by atoms with Crippen molar-refractivity contribution in [3.8, 4) is 5.75 Å². The van der Waals surface area contributed by atoms with Gasteiger partial charge in [-0.1, -0.05) is 5.16 Å². The number of alkyl halides is 7. The van der Waals surface area contributed by atoms with Crippen LogP contribution in [0.5, 0.6) is 5.75 Å². The van der Waals surface area contributed by atoms with E-state index < -0.39 is 53.1 Å². The van der Waals surface area contributed by atoms with Gasteiger partial charge in [0.2, 0.25) is 0 Å². The van der Waals surface area contributed by atoms with Gasteiger partial charge in [-0.2, -0.15) is 22.0 Å². The van der Waals surface area contributed by atoms with Crippen LogP contribution in [0.3, 0.4) is 0 Å². The second-order valence-electron chi connectivity index (χ2n) is 4.72. The van der Waals surface area contributed by atoms with Crippen LogP contribution in [-0.2, 0) is 6.18 Å². The SMILES string of the molecule is ON=C1c2c(C(F)(F)F)ccc(OCCCF)c2C(F)C1(F)F. The minimum atomic E-state index is -5.07. The molecule has 1 aromatic carbocycles. The summed E-state index contributed by atoms with van der Waals surface area (Å²) in [5, 5.41) is 10.8. The molecule has 1 atom stereocenters. The fourth-order valence-corrected chi connectivity index (χ4v) is 2.29. The van der Waals surface area contributed by atoms with Crippen LogP contribution < -0.4 is 4.74 Å². The highest BCUT2D eigenvalue weighted by atomic mass is 19.4. The molecule has 3 nitrogen and oxygen atoms in total. The van der Waals surface area contributed by atoms with Crippen LogP contribution in [0.1, 0.15) is 29.3 Å². The molecule has 1 unspecified atom stereocenters. The summed E-state index contributed by atoms with van der Waals surface area (Å²) in [6.45, 7) is -1.14. The van der Waals surface area contributed by atoms with E-state index >= 15 is 0 Å². The topological polar surface area (TPSA) is 41.8 Å². The molecule has 10 heteroatoms. The fraction of sp³-hybridized carbons (Fsp3) is 0.462. The molecule has 0 fully saturated rings. The van der Waals surface area contributed by atoms with Gasteiger partial charge in [0.05, 0.1) is 18.8 Å². The summed E-state index contributed by atoms with van der Waals surface area (Å²) in [5.74, 6) is -5.02. The number of fused-ring (bicyclic) bond motifs is 1. The van der Waals surface area contributed by atoms with Crippen LogP contribution in [0.15, 0.2) is 17.3 Å². The lowest BCUT2D eigenvalue weighted by Gasteiger charge is -2.15. The normalized spacial score (nSPS) is 21.5. The van der Waals surface area contributed by atoms with Gasteiger partial charge in [-0.05, 0) is 12.1 Å². The van der Waals surface area contributed by atoms with Gasteiger partial charge >= 0.3 is 12.1 Å². The third kappa shape index (κ3) is 2.81. The Morgan fingerprint density at radius 3 is 2.43 bits per heavy atom. The van der Waals surface area contributed by atoms with Gasteiger partial charge < -0.3 is 9.94 Å². The zero-order valence-corrected chi connectivity index (χ0v) is 11.3. The Hall–Kier alpha value is -2.00. The Bertz CT molecular complexity index is 627. The molecule has 0 saturated carbocycles. The lowest BCUT2D eigenvalue weighted by atomic mass is 10.0. The maximum atomic E-state index is 14.0. The summed E-state index contributed by atoms with van der Waals surface area (Å²) in [6.07, 6.45) is -8.40. The first-order valence-corrected chi connectivity index (χ1v) is 6.33. The fourth-order valence-electron chi connectivity index (χ4n) is 2.29. The van der Waals surface area contributed by atoms with Crippen molar-refractivity contribution in [1.29, 1.82) is 0 Å². The van der Waals surface area contributed by atoms with E-state index in [1.165, 1.54) is 0 Å². The van der Waals surface area contributed by atoms with Crippen molar-refractivity contribution in [2.24, 2.45) is 5.16 Å². The molecule has 0 aromatic heterocycles. The van der Waals surface area contributed by atoms with Gasteiger partial charge in [-0.3, -0.25) is 4.39 Å². The molecule has 0 amide bonds. The minimum absolute atomic E-state index is 0.149. The number of hydrogen-bond acceptors (Lipinski definition) is 3. The van der Waals surface area contributed by atoms with Crippen LogP contribution in [0.4, 0.5) is 30.7 Å². The lowest BCUT2D eigenvalue weighted by Crippen LogP contribution is -2.28. The second-order valence-corrected chi connectivity index (χ2v) is 4.72. The van der Waals surface area contributed by atoms with Crippen LogP contribution >= 0.6 is 0 Å². The van der Waals surface area contributed by atoms with Crippen LogP contribution in [0.2, 0.25) is 0 Å². The van der Waals surface area contributed by atoms with E-state index in [1.54, 1.807) is 0 Å². The highest BCUT2D eigenvalue weighted by Gasteiger charge is 2.59. The average Bonchev–Trinajstić information content (AvgIpc) is 2.65. The maximum absolute atomic E-state index is 14.0. The Morgan fingerprint density at radius 2 is 1.91 bits per heavy atom. The number of halogens is 7. The summed E-state index contributed by atoms with van der Waals surface area (Å²) in [4.78, 5) is 0. The molecular weight excluding hydrogens is 335 g/mol. The van der Waals surface area contributed by atoms with Crippen molar-refractivity contribution in [1.82, 2.24) is 0 Å². The van der Waals surface area contributed by atoms with E-state index in [9.17, 15) is 30.7 Å². The minimum Gasteiger partial charge on any atom is -0.493 e. The highest BCUT2D eigenvalue weighted by molar-refractivity contribution is 6.11. The lowest BCUT2D eigenvalue weighted by molar-refractivity contribution is -0.137. The summed E-state index contributed by atoms with van der Waals surface area (Å²) in [7, 11) is 0. The first kappa shape index (κ1) is 17.4. The predicted molar refractivity (Wildman–Crippen MR) is 64.7 cm³/mol. The molecule has 2 rings (SSSR count). The molecule has 0 bridgehead atoms. The van der Waals surface area contributed by atoms with Gasteiger partial charge in [0.25, 0.3) is 0 Å². The quantitative estimate of drug-likeness (QED) is 0.383. The van der Waals surface area contributed by atoms with Crippen molar-refractivity contribution >= 4 is 5.71 Å². The van der Waals surface area contributed by atoms with E-state index in [-0.39, 0.29) is 13.0 Å². The van der Waals surface area contributed by atoms with Gasteiger partial charge in [0.15, 0.2) is 11.9 Å². The Balaban J connectivity index is 2.66. The smallest absolute Gasteiger partial charge is 0.417 e. The first-order chi connectivity index (χ1) is 10.7. The van der Waals surface area contributed by atoms with E-state index in [2.05, 4.69) is 5.16 Å². The second kappa shape index (κ2) is 5.89. The number of ether oxygens (including phenoxy) is 1. The van der Waals surface area contributed by atoms with E-state index in [4.69, 9.17) is 9.94 Å². The van der Waals surface area contributed by atoms with Crippen LogP contribution in [0.25, 0.3) is 0 Å². The predicted octanol–water partition coefficient (Wildman–Crippen LogP) is 4.28. The van der Waals surface area contributed by atoms with Crippen molar-refractivity contribution in [2.75, 3.05) is 13.3 Å². The largest absolute Gasteiger partial charge is 0.493 e. The van der Waals surface area contributed by atoms with Crippen molar-refractivity contribution in [3.63, 3.8) is 0 Å². The molecule has 0 aliphatic heterocycles. The molecule has 0 radical (unpaired) electrons. The highest BCUT2D eigenvalue weighted by Crippen LogP contribution is 2.52. The Labute approximate surface area is 125 Å². The molecule has 1 aliphatic rings. The van der Waals surface area contributed by atoms with E-state index in [1.807, 2.05) is 0 Å². The summed E-state index contributed by atoms with van der Waals surface area (Å²) < 4.78 is 97.4. The summed E-state index contributed by atoms with van der Waals surface area (Å²) in [6, 6.07) is 1.10. The van der Waals surface area contributed by atoms with Gasteiger partial charge in [0.1, 0.15) is 5.75 Å². The van der Waals surface area contributed by atoms with Crippen molar-refractivity contribution in [2.45, 2.75) is 24.7 Å². The van der Waals surface area contributed by atoms with Crippen molar-refractivity contribution < 1.29 is 40.7 Å². The molecule has 0 saturated heterocycles. The number of hydrogen-bond donors (Lipinski definition) is 1. The van der Waals surface area contributed by atoms with Crippen LogP contribution in [-0.4, -0.2) is 30.1 Å². The van der Waals surface area contributed by atoms with Gasteiger partial charge in [-0.15, -0.1) is 0 Å². The molecule has 1 aliphatic carbocycles. The summed E-state index contributed by atoms with van der Waals surface area (Å²) >= 11 is 0. The van der Waals surface area contributed by atoms with Crippen molar-refractivity contribution in [3.05, 3.63) is 28.8 Å². The molecule has 1 N–H and O–H groups in total. The molecule has 23 heavy (non-hydrogen) atoms. The molecular formula is C13H10F7NO2. The standard InChI is InChI=1S/C13H10F7NO2/c14-4-1-5-23-7-3-2-6(13(18,19)20)8-9(7)10(15)12(16,17)11(8)21-22/h2-3,10,22H,1,4-5H2. The van der Waals surface area contributed by atoms with Gasteiger partial charge in [-0.25, -0.2) is 4.39 Å². The average molecular weight is 345 g/mol. The number of nitrogens with zero attached hydrogens (tertiary/aromatic N) is 1. The third-order valence-electron chi connectivity index (χ3n) is 3.27. The molecule has 0 spiro atoms. The first-order valence-electron chi connectivity index (χ1n) is 6.33. The Morgan fingerprint density at radius 1 is 1.26 bits per heavy atom. The summed E-state index contributed by atoms with van der Waals surface area (Å²) in [5.41, 5.74) is -5.60. The molecule has 0 heterocycles. The zero-order chi connectivity index (χ0) is 17.4. The maximum Gasteiger partial charge on any atom is 0.417 e. The van der Waals surface area contributed by atoms with E-state index in [0.717, 1.165) is 0 Å². The third-order valence-corrected chi connectivity index (χ3v) is 3.27. The van der Waals surface area contributed by atoms with Crippen LogP contribution in [0, 0.1) is 0 Å². The molecule has 1 aromatic rings. The Kier molecular flexibility index (Phi) is 4.45. The van der Waals surface area contributed by atoms with E-state index in [0.29, 0.717) is 12.1 Å². The number of rotatable bonds is 4. The number of oxime groups is 1. The monoisotopic (exact) mass is 345 g/mol.